The average molecular weight is 504 g/mol. The van der Waals surface area contributed by atoms with Gasteiger partial charge in [0.25, 0.3) is 5.91 Å². The average Bonchev–Trinajstić information content (AvgIpc) is 3.31. The van der Waals surface area contributed by atoms with Crippen LogP contribution in [0.4, 0.5) is 5.00 Å². The van der Waals surface area contributed by atoms with Crippen LogP contribution >= 0.6 is 23.1 Å². The van der Waals surface area contributed by atoms with Crippen LogP contribution in [0.1, 0.15) is 42.5 Å². The highest BCUT2D eigenvalue weighted by Crippen LogP contribution is 2.33. The maximum Gasteiger partial charge on any atom is 0.341 e. The van der Waals surface area contributed by atoms with Gasteiger partial charge in [-0.15, -0.1) is 21.5 Å². The number of thioether (sulfide) groups is 1. The second-order valence-electron chi connectivity index (χ2n) is 7.45. The summed E-state index contributed by atoms with van der Waals surface area (Å²) in [5.41, 5.74) is 8.18. The van der Waals surface area contributed by atoms with Gasteiger partial charge in [-0.05, 0) is 49.6 Å². The third-order valence-electron chi connectivity index (χ3n) is 5.12. The van der Waals surface area contributed by atoms with E-state index in [0.29, 0.717) is 16.5 Å². The molecule has 0 aliphatic carbocycles. The van der Waals surface area contributed by atoms with Crippen LogP contribution in [0.2, 0.25) is 0 Å². The van der Waals surface area contributed by atoms with Crippen LogP contribution in [0.15, 0.2) is 23.4 Å². The number of esters is 1. The minimum atomic E-state index is -0.683. The van der Waals surface area contributed by atoms with Crippen LogP contribution < -0.4 is 15.8 Å². The summed E-state index contributed by atoms with van der Waals surface area (Å²) in [6.45, 7) is 5.86. The standard InChI is InChI=1S/C22H25N5O5S2/c1-11-6-7-14(8-12(11)2)32-9-15-25-26-22(27(15)4)33-10-16(28)24-20-17(21(30)31-5)13(3)18(34-20)19(23)29/h6-8H,9-10H2,1-5H3,(H2,23,29)(H,24,28). The fourth-order valence-corrected chi connectivity index (χ4v) is 4.82. The number of thiophene rings is 1. The molecule has 0 spiro atoms. The van der Waals surface area contributed by atoms with Crippen molar-refractivity contribution < 1.29 is 23.9 Å². The molecule has 0 bridgehead atoms. The van der Waals surface area contributed by atoms with Gasteiger partial charge in [-0.2, -0.15) is 0 Å². The normalized spacial score (nSPS) is 10.7. The van der Waals surface area contributed by atoms with E-state index >= 15 is 0 Å². The van der Waals surface area contributed by atoms with Gasteiger partial charge >= 0.3 is 5.97 Å². The summed E-state index contributed by atoms with van der Waals surface area (Å²) < 4.78 is 12.3. The monoisotopic (exact) mass is 503 g/mol. The zero-order valence-electron chi connectivity index (χ0n) is 19.4. The molecule has 3 rings (SSSR count). The molecule has 0 aliphatic rings. The van der Waals surface area contributed by atoms with Crippen molar-refractivity contribution in [3.8, 4) is 5.75 Å². The molecule has 10 nitrogen and oxygen atoms in total. The van der Waals surface area contributed by atoms with Crippen molar-refractivity contribution >= 4 is 45.9 Å². The molecule has 0 unspecified atom stereocenters. The number of nitrogens with two attached hydrogens (primary N) is 1. The SMILES string of the molecule is COC(=O)c1c(NC(=O)CSc2nnc(COc3ccc(C)c(C)c3)n2C)sc(C(N)=O)c1C. The molecular formula is C22H25N5O5S2. The van der Waals surface area contributed by atoms with Gasteiger partial charge in [0.1, 0.15) is 17.4 Å². The Morgan fingerprint density at radius 1 is 1.18 bits per heavy atom. The second-order valence-corrected chi connectivity index (χ2v) is 9.41. The zero-order valence-corrected chi connectivity index (χ0v) is 21.1. The minimum absolute atomic E-state index is 0.00739. The van der Waals surface area contributed by atoms with Gasteiger partial charge in [-0.25, -0.2) is 4.79 Å². The predicted molar refractivity (Wildman–Crippen MR) is 130 cm³/mol. The number of primary amides is 1. The van der Waals surface area contributed by atoms with Crippen LogP contribution in [-0.2, 0) is 23.2 Å². The Morgan fingerprint density at radius 3 is 2.56 bits per heavy atom. The lowest BCUT2D eigenvalue weighted by Gasteiger charge is -2.08. The molecule has 0 radical (unpaired) electrons. The van der Waals surface area contributed by atoms with E-state index in [2.05, 4.69) is 15.5 Å². The van der Waals surface area contributed by atoms with Crippen molar-refractivity contribution in [2.24, 2.45) is 12.8 Å². The Bertz CT molecular complexity index is 1250. The van der Waals surface area contributed by atoms with E-state index in [1.165, 1.54) is 24.4 Å². The summed E-state index contributed by atoms with van der Waals surface area (Å²) in [6.07, 6.45) is 0. The van der Waals surface area contributed by atoms with Gasteiger partial charge in [0.15, 0.2) is 11.0 Å². The number of anilines is 1. The lowest BCUT2D eigenvalue weighted by molar-refractivity contribution is -0.113. The summed E-state index contributed by atoms with van der Waals surface area (Å²) in [6, 6.07) is 5.86. The first-order valence-corrected chi connectivity index (χ1v) is 11.9. The molecule has 0 aliphatic heterocycles. The van der Waals surface area contributed by atoms with Gasteiger partial charge < -0.3 is 25.1 Å². The molecule has 12 heteroatoms. The fourth-order valence-electron chi connectivity index (χ4n) is 3.03. The Morgan fingerprint density at radius 2 is 1.91 bits per heavy atom. The lowest BCUT2D eigenvalue weighted by Crippen LogP contribution is -2.16. The summed E-state index contributed by atoms with van der Waals surface area (Å²) in [5, 5.41) is 11.7. The number of hydrogen-bond acceptors (Lipinski definition) is 9. The first-order chi connectivity index (χ1) is 16.1. The van der Waals surface area contributed by atoms with Crippen LogP contribution in [0, 0.1) is 20.8 Å². The first kappa shape index (κ1) is 25.2. The van der Waals surface area contributed by atoms with Gasteiger partial charge in [-0.1, -0.05) is 17.8 Å². The van der Waals surface area contributed by atoms with E-state index in [9.17, 15) is 14.4 Å². The topological polar surface area (TPSA) is 138 Å². The van der Waals surface area contributed by atoms with E-state index in [-0.39, 0.29) is 33.7 Å². The molecule has 2 amide bonds. The number of amides is 2. The number of methoxy groups -OCH3 is 1. The molecule has 3 N–H and O–H groups in total. The van der Waals surface area contributed by atoms with Crippen molar-refractivity contribution in [2.45, 2.75) is 32.5 Å². The van der Waals surface area contributed by atoms with Crippen molar-refractivity contribution in [3.05, 3.63) is 51.2 Å². The number of carbonyl (C=O) groups excluding carboxylic acids is 3. The van der Waals surface area contributed by atoms with Gasteiger partial charge in [0, 0.05) is 7.05 Å². The predicted octanol–water partition coefficient (Wildman–Crippen LogP) is 3.00. The molecule has 0 atom stereocenters. The summed E-state index contributed by atoms with van der Waals surface area (Å²) in [4.78, 5) is 36.5. The van der Waals surface area contributed by atoms with E-state index in [1.54, 1.807) is 18.5 Å². The Labute approximate surface area is 204 Å². The van der Waals surface area contributed by atoms with Gasteiger partial charge in [0.2, 0.25) is 5.91 Å². The van der Waals surface area contributed by atoms with Crippen molar-refractivity contribution in [1.82, 2.24) is 14.8 Å². The lowest BCUT2D eigenvalue weighted by atomic mass is 10.1. The van der Waals surface area contributed by atoms with E-state index < -0.39 is 11.9 Å². The molecular weight excluding hydrogens is 478 g/mol. The Hall–Kier alpha value is -3.38. The number of carbonyl (C=O) groups is 3. The highest BCUT2D eigenvalue weighted by Gasteiger charge is 2.25. The molecule has 3 aromatic rings. The first-order valence-electron chi connectivity index (χ1n) is 10.1. The largest absolute Gasteiger partial charge is 0.486 e. The Kier molecular flexibility index (Phi) is 7.94. The van der Waals surface area contributed by atoms with Crippen molar-refractivity contribution in [2.75, 3.05) is 18.2 Å². The van der Waals surface area contributed by atoms with Crippen LogP contribution in [0.5, 0.6) is 5.75 Å². The van der Waals surface area contributed by atoms with Crippen molar-refractivity contribution in [3.63, 3.8) is 0 Å². The number of nitrogens with one attached hydrogen (secondary N) is 1. The minimum Gasteiger partial charge on any atom is -0.486 e. The molecule has 34 heavy (non-hydrogen) atoms. The number of benzene rings is 1. The maximum absolute atomic E-state index is 12.6. The molecule has 0 fully saturated rings. The van der Waals surface area contributed by atoms with E-state index in [4.69, 9.17) is 15.2 Å². The molecule has 180 valence electrons. The quantitative estimate of drug-likeness (QED) is 0.336. The zero-order chi connectivity index (χ0) is 25.0. The summed E-state index contributed by atoms with van der Waals surface area (Å²) >= 11 is 2.11. The number of aromatic nitrogens is 3. The highest BCUT2D eigenvalue weighted by atomic mass is 32.2. The third kappa shape index (κ3) is 5.57. The fraction of sp³-hybridized carbons (Fsp3) is 0.318. The molecule has 0 saturated heterocycles. The number of nitrogens with zero attached hydrogens (tertiary/aromatic N) is 3. The number of aryl methyl sites for hydroxylation is 2. The Balaban J connectivity index is 1.63. The van der Waals surface area contributed by atoms with Crippen LogP contribution in [0.3, 0.4) is 0 Å². The van der Waals surface area contributed by atoms with Crippen LogP contribution in [0.25, 0.3) is 0 Å². The number of hydrogen-bond donors (Lipinski definition) is 2. The molecule has 1 aromatic carbocycles. The van der Waals surface area contributed by atoms with Gasteiger partial charge in [0.05, 0.1) is 23.3 Å². The number of ether oxygens (including phenoxy) is 2. The molecule has 2 aromatic heterocycles. The second kappa shape index (κ2) is 10.7. The van der Waals surface area contributed by atoms with Gasteiger partial charge in [-0.3, -0.25) is 9.59 Å². The highest BCUT2D eigenvalue weighted by molar-refractivity contribution is 7.99. The summed E-state index contributed by atoms with van der Waals surface area (Å²) in [5.74, 6) is -0.379. The third-order valence-corrected chi connectivity index (χ3v) is 7.36. The van der Waals surface area contributed by atoms with E-state index in [1.807, 2.05) is 32.0 Å². The molecule has 2 heterocycles. The smallest absolute Gasteiger partial charge is 0.341 e. The summed E-state index contributed by atoms with van der Waals surface area (Å²) in [7, 11) is 3.01. The van der Waals surface area contributed by atoms with E-state index in [0.717, 1.165) is 22.6 Å². The van der Waals surface area contributed by atoms with Crippen molar-refractivity contribution in [1.29, 1.82) is 0 Å². The number of rotatable bonds is 9. The van der Waals surface area contributed by atoms with Crippen LogP contribution in [-0.4, -0.2) is 45.4 Å². The maximum atomic E-state index is 12.6. The molecule has 0 saturated carbocycles.